The summed E-state index contributed by atoms with van der Waals surface area (Å²) in [5, 5.41) is 14.7. The van der Waals surface area contributed by atoms with E-state index in [-0.39, 0.29) is 12.0 Å². The number of hydrogen-bond donors (Lipinski definition) is 1. The molecule has 3 heteroatoms. The number of fused-ring (bicyclic) bond motifs is 1. The van der Waals surface area contributed by atoms with E-state index >= 15 is 0 Å². The highest BCUT2D eigenvalue weighted by molar-refractivity contribution is 5.34. The molecule has 0 fully saturated rings. The molecule has 17 heavy (non-hydrogen) atoms. The minimum Gasteiger partial charge on any atom is -0.388 e. The topological polar surface area (TPSA) is 38.0 Å². The van der Waals surface area contributed by atoms with Crippen LogP contribution < -0.4 is 0 Å². The van der Waals surface area contributed by atoms with Crippen molar-refractivity contribution in [3.63, 3.8) is 0 Å². The van der Waals surface area contributed by atoms with Crippen LogP contribution in [0.15, 0.2) is 36.5 Å². The van der Waals surface area contributed by atoms with Gasteiger partial charge in [0.1, 0.15) is 0 Å². The fourth-order valence-corrected chi connectivity index (χ4v) is 2.68. The number of hydrogen-bond acceptors (Lipinski definition) is 2. The van der Waals surface area contributed by atoms with Crippen molar-refractivity contribution in [2.24, 2.45) is 13.0 Å². The first-order valence-corrected chi connectivity index (χ1v) is 5.98. The van der Waals surface area contributed by atoms with Crippen LogP contribution in [0.2, 0.25) is 0 Å². The molecule has 0 bridgehead atoms. The molecule has 0 aliphatic heterocycles. The lowest BCUT2D eigenvalue weighted by Crippen LogP contribution is -2.11. The second-order valence-corrected chi connectivity index (χ2v) is 4.79. The van der Waals surface area contributed by atoms with Gasteiger partial charge in [-0.25, -0.2) is 0 Å². The Morgan fingerprint density at radius 3 is 2.88 bits per heavy atom. The highest BCUT2D eigenvalue weighted by atomic mass is 16.3. The minimum absolute atomic E-state index is 0.266. The van der Waals surface area contributed by atoms with E-state index in [1.807, 2.05) is 42.2 Å². The van der Waals surface area contributed by atoms with Gasteiger partial charge in [0.25, 0.3) is 0 Å². The molecule has 0 amide bonds. The predicted octanol–water partition coefficient (Wildman–Crippen LogP) is 1.87. The number of benzene rings is 1. The molecule has 1 aromatic carbocycles. The van der Waals surface area contributed by atoms with Crippen LogP contribution in [0.5, 0.6) is 0 Å². The number of aryl methyl sites for hydroxylation is 1. The first-order chi connectivity index (χ1) is 8.24. The third-order valence-electron chi connectivity index (χ3n) is 3.54. The van der Waals surface area contributed by atoms with E-state index in [0.29, 0.717) is 0 Å². The van der Waals surface area contributed by atoms with Gasteiger partial charge < -0.3 is 5.11 Å². The summed E-state index contributed by atoms with van der Waals surface area (Å²) < 4.78 is 1.81. The van der Waals surface area contributed by atoms with Crippen LogP contribution in [0.25, 0.3) is 0 Å². The van der Waals surface area contributed by atoms with E-state index in [2.05, 4.69) is 11.2 Å². The molecule has 2 aromatic rings. The van der Waals surface area contributed by atoms with Gasteiger partial charge in [-0.1, -0.05) is 24.3 Å². The van der Waals surface area contributed by atoms with E-state index in [1.54, 1.807) is 0 Å². The second kappa shape index (κ2) is 4.00. The van der Waals surface area contributed by atoms with E-state index in [4.69, 9.17) is 0 Å². The summed E-state index contributed by atoms with van der Waals surface area (Å²) in [4.78, 5) is 0. The van der Waals surface area contributed by atoms with Crippen molar-refractivity contribution in [3.8, 4) is 0 Å². The zero-order valence-corrected chi connectivity index (χ0v) is 9.87. The Bertz CT molecular complexity index is 533. The maximum Gasteiger partial charge on any atom is 0.0827 e. The van der Waals surface area contributed by atoms with Crippen LogP contribution in [-0.4, -0.2) is 14.9 Å². The molecule has 0 spiro atoms. The van der Waals surface area contributed by atoms with Crippen LogP contribution in [0.1, 0.15) is 22.9 Å². The van der Waals surface area contributed by atoms with E-state index in [0.717, 1.165) is 24.1 Å². The van der Waals surface area contributed by atoms with Crippen molar-refractivity contribution < 1.29 is 5.11 Å². The first-order valence-electron chi connectivity index (χ1n) is 5.98. The summed E-state index contributed by atoms with van der Waals surface area (Å²) in [6.45, 7) is 0. The molecule has 0 saturated heterocycles. The molecule has 0 saturated carbocycles. The predicted molar refractivity (Wildman–Crippen MR) is 65.5 cm³/mol. The lowest BCUT2D eigenvalue weighted by Gasteiger charge is -2.13. The van der Waals surface area contributed by atoms with Crippen LogP contribution in [-0.2, 0) is 19.9 Å². The van der Waals surface area contributed by atoms with Crippen LogP contribution in [0, 0.1) is 5.92 Å². The molecule has 3 rings (SSSR count). The first kappa shape index (κ1) is 10.5. The Balaban J connectivity index is 1.80. The summed E-state index contributed by atoms with van der Waals surface area (Å²) >= 11 is 0. The normalized spacial score (nSPS) is 22.7. The zero-order chi connectivity index (χ0) is 11.8. The average Bonchev–Trinajstić information content (AvgIpc) is 2.86. The van der Waals surface area contributed by atoms with E-state index < -0.39 is 0 Å². The van der Waals surface area contributed by atoms with Gasteiger partial charge >= 0.3 is 0 Å². The molecule has 1 heterocycles. The SMILES string of the molecule is Cn1ccc(CC2Cc3ccccc3C2O)n1. The lowest BCUT2D eigenvalue weighted by molar-refractivity contribution is 0.122. The smallest absolute Gasteiger partial charge is 0.0827 e. The quantitative estimate of drug-likeness (QED) is 0.852. The molecule has 2 atom stereocenters. The Morgan fingerprint density at radius 2 is 2.18 bits per heavy atom. The number of rotatable bonds is 2. The van der Waals surface area contributed by atoms with E-state index in [9.17, 15) is 5.11 Å². The maximum atomic E-state index is 10.3. The number of aliphatic hydroxyl groups is 1. The third kappa shape index (κ3) is 1.87. The molecular weight excluding hydrogens is 212 g/mol. The standard InChI is InChI=1S/C14H16N2O/c1-16-7-6-12(15-16)9-11-8-10-4-2-3-5-13(10)14(11)17/h2-7,11,14,17H,8-9H2,1H3. The molecular formula is C14H16N2O. The molecule has 3 nitrogen and oxygen atoms in total. The maximum absolute atomic E-state index is 10.3. The molecule has 88 valence electrons. The van der Waals surface area contributed by atoms with Crippen molar-refractivity contribution in [2.75, 3.05) is 0 Å². The molecule has 1 N–H and O–H groups in total. The fourth-order valence-electron chi connectivity index (χ4n) is 2.68. The second-order valence-electron chi connectivity index (χ2n) is 4.79. The zero-order valence-electron chi connectivity index (χ0n) is 9.87. The van der Waals surface area contributed by atoms with Gasteiger partial charge in [0.2, 0.25) is 0 Å². The number of aromatic nitrogens is 2. The molecule has 1 aliphatic carbocycles. The Hall–Kier alpha value is -1.61. The Labute approximate surface area is 101 Å². The average molecular weight is 228 g/mol. The third-order valence-corrected chi connectivity index (χ3v) is 3.54. The largest absolute Gasteiger partial charge is 0.388 e. The Kier molecular flexibility index (Phi) is 2.48. The van der Waals surface area contributed by atoms with Gasteiger partial charge in [-0.15, -0.1) is 0 Å². The molecule has 0 radical (unpaired) electrons. The van der Waals surface area contributed by atoms with Gasteiger partial charge in [0.15, 0.2) is 0 Å². The van der Waals surface area contributed by atoms with Gasteiger partial charge in [0.05, 0.1) is 11.8 Å². The highest BCUT2D eigenvalue weighted by Gasteiger charge is 2.30. The van der Waals surface area contributed by atoms with Crippen molar-refractivity contribution in [1.29, 1.82) is 0 Å². The summed E-state index contributed by atoms with van der Waals surface area (Å²) in [6, 6.07) is 10.2. The summed E-state index contributed by atoms with van der Waals surface area (Å²) in [7, 11) is 1.92. The fraction of sp³-hybridized carbons (Fsp3) is 0.357. The Morgan fingerprint density at radius 1 is 1.35 bits per heavy atom. The number of nitrogens with zero attached hydrogens (tertiary/aromatic N) is 2. The summed E-state index contributed by atoms with van der Waals surface area (Å²) in [5.74, 6) is 0.266. The van der Waals surface area contributed by atoms with Crippen LogP contribution in [0.4, 0.5) is 0 Å². The van der Waals surface area contributed by atoms with Crippen molar-refractivity contribution in [2.45, 2.75) is 18.9 Å². The highest BCUT2D eigenvalue weighted by Crippen LogP contribution is 2.37. The molecule has 1 aromatic heterocycles. The monoisotopic (exact) mass is 228 g/mol. The van der Waals surface area contributed by atoms with Gasteiger partial charge in [0, 0.05) is 13.2 Å². The summed E-state index contributed by atoms with van der Waals surface area (Å²) in [6.07, 6.45) is 3.40. The van der Waals surface area contributed by atoms with Crippen molar-refractivity contribution >= 4 is 0 Å². The summed E-state index contributed by atoms with van der Waals surface area (Å²) in [5.41, 5.74) is 3.43. The van der Waals surface area contributed by atoms with Crippen LogP contribution in [0.3, 0.4) is 0 Å². The minimum atomic E-state index is -0.340. The van der Waals surface area contributed by atoms with Crippen molar-refractivity contribution in [1.82, 2.24) is 9.78 Å². The van der Waals surface area contributed by atoms with Gasteiger partial charge in [-0.05, 0) is 36.0 Å². The lowest BCUT2D eigenvalue weighted by atomic mass is 9.98. The van der Waals surface area contributed by atoms with Gasteiger partial charge in [-0.2, -0.15) is 5.10 Å². The van der Waals surface area contributed by atoms with E-state index in [1.165, 1.54) is 5.56 Å². The van der Waals surface area contributed by atoms with Crippen molar-refractivity contribution in [3.05, 3.63) is 53.3 Å². The number of aliphatic hydroxyl groups excluding tert-OH is 1. The molecule has 2 unspecified atom stereocenters. The van der Waals surface area contributed by atoms with Gasteiger partial charge in [-0.3, -0.25) is 4.68 Å². The van der Waals surface area contributed by atoms with Crippen LogP contribution >= 0.6 is 0 Å². The molecule has 1 aliphatic rings.